The SMILES string of the molecule is Cc1ccc(C2(C)NC(=O)N(Cc3ccccc3F)C2=O)cc1. The fourth-order valence-corrected chi connectivity index (χ4v) is 2.72. The first-order valence-electron chi connectivity index (χ1n) is 7.36. The lowest BCUT2D eigenvalue weighted by Gasteiger charge is -2.22. The first-order chi connectivity index (χ1) is 10.9. The minimum absolute atomic E-state index is 0.0845. The lowest BCUT2D eigenvalue weighted by molar-refractivity contribution is -0.131. The smallest absolute Gasteiger partial charge is 0.319 e. The normalized spacial score (nSPS) is 20.7. The van der Waals surface area contributed by atoms with E-state index in [1.54, 1.807) is 25.1 Å². The number of hydrogen-bond acceptors (Lipinski definition) is 2. The maximum absolute atomic E-state index is 13.8. The Balaban J connectivity index is 1.90. The van der Waals surface area contributed by atoms with Gasteiger partial charge < -0.3 is 5.32 Å². The van der Waals surface area contributed by atoms with Crippen molar-refractivity contribution in [2.75, 3.05) is 0 Å². The van der Waals surface area contributed by atoms with E-state index in [0.717, 1.165) is 10.5 Å². The Labute approximate surface area is 133 Å². The van der Waals surface area contributed by atoms with Crippen LogP contribution in [-0.2, 0) is 16.9 Å². The summed E-state index contributed by atoms with van der Waals surface area (Å²) in [7, 11) is 0. The summed E-state index contributed by atoms with van der Waals surface area (Å²) >= 11 is 0. The van der Waals surface area contributed by atoms with Gasteiger partial charge in [0.05, 0.1) is 6.54 Å². The molecule has 3 amide bonds. The second kappa shape index (κ2) is 5.50. The van der Waals surface area contributed by atoms with Crippen molar-refractivity contribution in [1.82, 2.24) is 10.2 Å². The van der Waals surface area contributed by atoms with Crippen LogP contribution in [0.4, 0.5) is 9.18 Å². The summed E-state index contributed by atoms with van der Waals surface area (Å²) in [5, 5.41) is 2.72. The van der Waals surface area contributed by atoms with Gasteiger partial charge in [0.15, 0.2) is 0 Å². The Bertz CT molecular complexity index is 773. The molecule has 1 unspecified atom stereocenters. The molecule has 1 saturated heterocycles. The van der Waals surface area contributed by atoms with Gasteiger partial charge in [-0.25, -0.2) is 9.18 Å². The van der Waals surface area contributed by atoms with Crippen molar-refractivity contribution in [2.45, 2.75) is 25.9 Å². The maximum atomic E-state index is 13.8. The highest BCUT2D eigenvalue weighted by Gasteiger charge is 2.48. The molecule has 1 aliphatic heterocycles. The van der Waals surface area contributed by atoms with Crippen molar-refractivity contribution in [3.8, 4) is 0 Å². The number of nitrogens with zero attached hydrogens (tertiary/aromatic N) is 1. The first kappa shape index (κ1) is 15.2. The van der Waals surface area contributed by atoms with Crippen LogP contribution in [-0.4, -0.2) is 16.8 Å². The molecule has 1 N–H and O–H groups in total. The molecule has 0 saturated carbocycles. The van der Waals surface area contributed by atoms with Gasteiger partial charge in [-0.1, -0.05) is 48.0 Å². The molecule has 3 rings (SSSR count). The molecule has 0 bridgehead atoms. The lowest BCUT2D eigenvalue weighted by atomic mass is 9.91. The summed E-state index contributed by atoms with van der Waals surface area (Å²) in [6, 6.07) is 13.0. The van der Waals surface area contributed by atoms with E-state index >= 15 is 0 Å². The van der Waals surface area contributed by atoms with Crippen molar-refractivity contribution in [3.63, 3.8) is 0 Å². The standard InChI is InChI=1S/C18H17FN2O2/c1-12-7-9-14(10-8-12)18(2)16(22)21(17(23)20-18)11-13-5-3-4-6-15(13)19/h3-10H,11H2,1-2H3,(H,20,23). The number of carbonyl (C=O) groups is 2. The zero-order chi connectivity index (χ0) is 16.6. The molecule has 2 aromatic rings. The van der Waals surface area contributed by atoms with Crippen LogP contribution in [0.3, 0.4) is 0 Å². The minimum Gasteiger partial charge on any atom is -0.319 e. The van der Waals surface area contributed by atoms with E-state index in [-0.39, 0.29) is 12.5 Å². The summed E-state index contributed by atoms with van der Waals surface area (Å²) in [5.41, 5.74) is 0.953. The molecule has 0 aromatic heterocycles. The predicted octanol–water partition coefficient (Wildman–Crippen LogP) is 3.10. The summed E-state index contributed by atoms with van der Waals surface area (Å²) in [6.45, 7) is 3.53. The molecule has 1 fully saturated rings. The van der Waals surface area contributed by atoms with Crippen LogP contribution >= 0.6 is 0 Å². The van der Waals surface area contributed by atoms with E-state index in [0.29, 0.717) is 11.1 Å². The first-order valence-corrected chi connectivity index (χ1v) is 7.36. The number of carbonyl (C=O) groups excluding carboxylic acids is 2. The minimum atomic E-state index is -1.13. The van der Waals surface area contributed by atoms with Gasteiger partial charge in [-0.2, -0.15) is 0 Å². The van der Waals surface area contributed by atoms with E-state index in [1.165, 1.54) is 6.07 Å². The fourth-order valence-electron chi connectivity index (χ4n) is 2.72. The van der Waals surface area contributed by atoms with Crippen LogP contribution in [0.25, 0.3) is 0 Å². The molecular formula is C18H17FN2O2. The molecule has 118 valence electrons. The second-order valence-corrected chi connectivity index (χ2v) is 5.90. The fraction of sp³-hybridized carbons (Fsp3) is 0.222. The molecular weight excluding hydrogens is 295 g/mol. The van der Waals surface area contributed by atoms with E-state index in [4.69, 9.17) is 0 Å². The maximum Gasteiger partial charge on any atom is 0.325 e. The Morgan fingerprint density at radius 1 is 1.09 bits per heavy atom. The number of amides is 3. The number of halogens is 1. The van der Waals surface area contributed by atoms with Crippen molar-refractivity contribution in [1.29, 1.82) is 0 Å². The molecule has 1 aliphatic rings. The predicted molar refractivity (Wildman–Crippen MR) is 84.0 cm³/mol. The number of urea groups is 1. The Hall–Kier alpha value is -2.69. The molecule has 1 heterocycles. The number of benzene rings is 2. The van der Waals surface area contributed by atoms with E-state index in [2.05, 4.69) is 5.32 Å². The number of hydrogen-bond donors (Lipinski definition) is 1. The van der Waals surface area contributed by atoms with E-state index in [9.17, 15) is 14.0 Å². The van der Waals surface area contributed by atoms with E-state index < -0.39 is 17.4 Å². The van der Waals surface area contributed by atoms with Gasteiger partial charge in [0, 0.05) is 5.56 Å². The summed E-state index contributed by atoms with van der Waals surface area (Å²) in [6.07, 6.45) is 0. The van der Waals surface area contributed by atoms with Crippen molar-refractivity contribution in [2.24, 2.45) is 0 Å². The zero-order valence-electron chi connectivity index (χ0n) is 13.0. The van der Waals surface area contributed by atoms with Crippen molar-refractivity contribution in [3.05, 3.63) is 71.0 Å². The molecule has 1 atom stereocenters. The average molecular weight is 312 g/mol. The summed E-state index contributed by atoms with van der Waals surface area (Å²) < 4.78 is 13.8. The Morgan fingerprint density at radius 3 is 2.39 bits per heavy atom. The van der Waals surface area contributed by atoms with Gasteiger partial charge in [0.25, 0.3) is 5.91 Å². The third-order valence-corrected chi connectivity index (χ3v) is 4.19. The van der Waals surface area contributed by atoms with Crippen LogP contribution in [0.1, 0.15) is 23.6 Å². The van der Waals surface area contributed by atoms with Crippen LogP contribution < -0.4 is 5.32 Å². The van der Waals surface area contributed by atoms with Crippen LogP contribution in [0, 0.1) is 12.7 Å². The largest absolute Gasteiger partial charge is 0.325 e. The third-order valence-electron chi connectivity index (χ3n) is 4.19. The monoisotopic (exact) mass is 312 g/mol. The second-order valence-electron chi connectivity index (χ2n) is 5.90. The number of rotatable bonds is 3. The van der Waals surface area contributed by atoms with Gasteiger partial charge in [0.1, 0.15) is 11.4 Å². The highest BCUT2D eigenvalue weighted by Crippen LogP contribution is 2.30. The van der Waals surface area contributed by atoms with Gasteiger partial charge in [-0.3, -0.25) is 9.69 Å². The van der Waals surface area contributed by atoms with Crippen LogP contribution in [0.15, 0.2) is 48.5 Å². The Kier molecular flexibility index (Phi) is 3.64. The molecule has 5 heteroatoms. The number of imide groups is 1. The van der Waals surface area contributed by atoms with E-state index in [1.807, 2.05) is 31.2 Å². The molecule has 23 heavy (non-hydrogen) atoms. The molecule has 2 aromatic carbocycles. The molecule has 0 spiro atoms. The third kappa shape index (κ3) is 2.59. The van der Waals surface area contributed by atoms with Gasteiger partial charge in [-0.05, 0) is 25.5 Å². The molecule has 0 aliphatic carbocycles. The number of nitrogens with one attached hydrogen (secondary N) is 1. The average Bonchev–Trinajstić information content (AvgIpc) is 2.74. The van der Waals surface area contributed by atoms with Gasteiger partial charge in [-0.15, -0.1) is 0 Å². The summed E-state index contributed by atoms with van der Waals surface area (Å²) in [4.78, 5) is 26.0. The zero-order valence-corrected chi connectivity index (χ0v) is 13.0. The van der Waals surface area contributed by atoms with Crippen LogP contribution in [0.5, 0.6) is 0 Å². The highest BCUT2D eigenvalue weighted by atomic mass is 19.1. The lowest BCUT2D eigenvalue weighted by Crippen LogP contribution is -2.40. The van der Waals surface area contributed by atoms with Crippen molar-refractivity contribution >= 4 is 11.9 Å². The molecule has 0 radical (unpaired) electrons. The Morgan fingerprint density at radius 2 is 1.74 bits per heavy atom. The quantitative estimate of drug-likeness (QED) is 0.885. The van der Waals surface area contributed by atoms with Crippen molar-refractivity contribution < 1.29 is 14.0 Å². The number of aryl methyl sites for hydroxylation is 1. The molecule has 4 nitrogen and oxygen atoms in total. The topological polar surface area (TPSA) is 49.4 Å². The van der Waals surface area contributed by atoms with Crippen LogP contribution in [0.2, 0.25) is 0 Å². The van der Waals surface area contributed by atoms with Gasteiger partial charge in [0.2, 0.25) is 0 Å². The van der Waals surface area contributed by atoms with Gasteiger partial charge >= 0.3 is 6.03 Å². The summed E-state index contributed by atoms with van der Waals surface area (Å²) in [5.74, 6) is -0.813. The highest BCUT2D eigenvalue weighted by molar-refractivity contribution is 6.07.